The maximum atomic E-state index is 11.7. The second-order valence-corrected chi connectivity index (χ2v) is 3.66. The van der Waals surface area contributed by atoms with Crippen LogP contribution in [0.4, 0.5) is 0 Å². The van der Waals surface area contributed by atoms with Gasteiger partial charge in [-0.05, 0) is 19.9 Å². The molecule has 7 nitrogen and oxygen atoms in total. The Morgan fingerprint density at radius 1 is 1.53 bits per heavy atom. The van der Waals surface area contributed by atoms with Gasteiger partial charge in [-0.25, -0.2) is 0 Å². The lowest BCUT2D eigenvalue weighted by atomic mass is 10.2. The first-order chi connectivity index (χ1) is 8.06. The average molecular weight is 239 g/mol. The van der Waals surface area contributed by atoms with Gasteiger partial charge in [0, 0.05) is 12.2 Å². The zero-order valence-electron chi connectivity index (χ0n) is 9.77. The van der Waals surface area contributed by atoms with E-state index in [1.807, 2.05) is 0 Å². The summed E-state index contributed by atoms with van der Waals surface area (Å²) in [6.07, 6.45) is 2.27. The third-order valence-electron chi connectivity index (χ3n) is 2.35. The van der Waals surface area contributed by atoms with Crippen molar-refractivity contribution in [1.82, 2.24) is 15.1 Å². The monoisotopic (exact) mass is 239 g/mol. The molecular weight excluding hydrogens is 222 g/mol. The van der Waals surface area contributed by atoms with Crippen molar-refractivity contribution < 1.29 is 9.59 Å². The third-order valence-corrected chi connectivity index (χ3v) is 2.35. The van der Waals surface area contributed by atoms with Gasteiger partial charge in [-0.15, -0.1) is 0 Å². The molecule has 0 atom stereocenters. The highest BCUT2D eigenvalue weighted by atomic mass is 16.2. The maximum absolute atomic E-state index is 11.7. The third kappa shape index (κ3) is 3.56. The number of nitrogens with zero attached hydrogens (tertiary/aromatic N) is 2. The predicted molar refractivity (Wildman–Crippen MR) is 62.2 cm³/mol. The van der Waals surface area contributed by atoms with Crippen LogP contribution in [0.2, 0.25) is 0 Å². The number of nitrogens with one attached hydrogen (secondary N) is 1. The molecule has 94 valence electrons. The minimum absolute atomic E-state index is 0.174. The summed E-state index contributed by atoms with van der Waals surface area (Å²) in [6.45, 7) is 2.86. The highest BCUT2D eigenvalue weighted by Gasteiger charge is 2.13. The summed E-state index contributed by atoms with van der Waals surface area (Å²) in [6, 6.07) is 0. The van der Waals surface area contributed by atoms with Crippen LogP contribution in [0, 0.1) is 6.92 Å². The summed E-state index contributed by atoms with van der Waals surface area (Å²) >= 11 is 0. The number of carbonyl (C=O) groups excluding carboxylic acids is 2. The summed E-state index contributed by atoms with van der Waals surface area (Å²) in [5, 5.41) is 6.50. The smallest absolute Gasteiger partial charge is 0.255 e. The highest BCUT2D eigenvalue weighted by Crippen LogP contribution is 2.07. The molecule has 0 unspecified atom stereocenters. The van der Waals surface area contributed by atoms with Crippen LogP contribution in [0.1, 0.15) is 22.5 Å². The fraction of sp³-hybridized carbons (Fsp3) is 0.500. The SMILES string of the molecule is Cc1c(C(=O)NCC(N)=O)cnn1CCCN. The van der Waals surface area contributed by atoms with Crippen molar-refractivity contribution in [1.29, 1.82) is 0 Å². The summed E-state index contributed by atoms with van der Waals surface area (Å²) in [5.41, 5.74) is 11.5. The molecule has 1 aromatic heterocycles. The van der Waals surface area contributed by atoms with Crippen LogP contribution >= 0.6 is 0 Å². The minimum Gasteiger partial charge on any atom is -0.368 e. The van der Waals surface area contributed by atoms with E-state index < -0.39 is 5.91 Å². The molecule has 0 fully saturated rings. The van der Waals surface area contributed by atoms with Crippen molar-refractivity contribution in [2.75, 3.05) is 13.1 Å². The first-order valence-corrected chi connectivity index (χ1v) is 5.35. The van der Waals surface area contributed by atoms with Gasteiger partial charge in [0.2, 0.25) is 5.91 Å². The van der Waals surface area contributed by atoms with Crippen LogP contribution in [0.3, 0.4) is 0 Å². The topological polar surface area (TPSA) is 116 Å². The van der Waals surface area contributed by atoms with E-state index in [0.717, 1.165) is 12.1 Å². The van der Waals surface area contributed by atoms with Gasteiger partial charge in [-0.3, -0.25) is 14.3 Å². The van der Waals surface area contributed by atoms with Gasteiger partial charge in [0.05, 0.1) is 18.3 Å². The fourth-order valence-electron chi connectivity index (χ4n) is 1.40. The number of amides is 2. The molecule has 0 aliphatic rings. The van der Waals surface area contributed by atoms with E-state index in [1.54, 1.807) is 11.6 Å². The van der Waals surface area contributed by atoms with Crippen molar-refractivity contribution in [3.63, 3.8) is 0 Å². The van der Waals surface area contributed by atoms with E-state index >= 15 is 0 Å². The number of rotatable bonds is 6. The molecule has 0 aliphatic heterocycles. The molecule has 0 bridgehead atoms. The Bertz CT molecular complexity index is 413. The zero-order valence-corrected chi connectivity index (χ0v) is 9.77. The standard InChI is InChI=1S/C10H17N5O2/c1-7-8(10(17)13-6-9(12)16)5-14-15(7)4-2-3-11/h5H,2-4,6,11H2,1H3,(H2,12,16)(H,13,17). The van der Waals surface area contributed by atoms with Gasteiger partial charge < -0.3 is 16.8 Å². The fourth-order valence-corrected chi connectivity index (χ4v) is 1.40. The lowest BCUT2D eigenvalue weighted by molar-refractivity contribution is -0.117. The first kappa shape index (κ1) is 13.2. The largest absolute Gasteiger partial charge is 0.368 e. The number of primary amides is 1. The van der Waals surface area contributed by atoms with Crippen LogP contribution < -0.4 is 16.8 Å². The van der Waals surface area contributed by atoms with Crippen LogP contribution in [0.5, 0.6) is 0 Å². The van der Waals surface area contributed by atoms with E-state index in [-0.39, 0.29) is 12.5 Å². The van der Waals surface area contributed by atoms with Crippen molar-refractivity contribution in [2.24, 2.45) is 11.5 Å². The predicted octanol–water partition coefficient (Wildman–Crippen LogP) is -1.24. The molecule has 1 heterocycles. The van der Waals surface area contributed by atoms with E-state index in [4.69, 9.17) is 11.5 Å². The van der Waals surface area contributed by atoms with E-state index in [0.29, 0.717) is 18.7 Å². The van der Waals surface area contributed by atoms with Gasteiger partial charge in [-0.2, -0.15) is 5.10 Å². The Kier molecular flexibility index (Phi) is 4.65. The van der Waals surface area contributed by atoms with Crippen LogP contribution in [0.15, 0.2) is 6.20 Å². The second kappa shape index (κ2) is 6.00. The number of hydrogen-bond acceptors (Lipinski definition) is 4. The molecule has 0 aliphatic carbocycles. The van der Waals surface area contributed by atoms with Crippen molar-refractivity contribution >= 4 is 11.8 Å². The Morgan fingerprint density at radius 3 is 2.82 bits per heavy atom. The van der Waals surface area contributed by atoms with E-state index in [9.17, 15) is 9.59 Å². The quantitative estimate of drug-likeness (QED) is 0.575. The summed E-state index contributed by atoms with van der Waals surface area (Å²) in [7, 11) is 0. The normalized spacial score (nSPS) is 10.2. The van der Waals surface area contributed by atoms with Crippen LogP contribution in [-0.4, -0.2) is 34.7 Å². The molecule has 0 radical (unpaired) electrons. The lowest BCUT2D eigenvalue weighted by Gasteiger charge is -2.04. The van der Waals surface area contributed by atoms with E-state index in [2.05, 4.69) is 10.4 Å². The lowest BCUT2D eigenvalue weighted by Crippen LogP contribution is -2.33. The summed E-state index contributed by atoms with van der Waals surface area (Å²) in [5.74, 6) is -0.924. The molecule has 7 heteroatoms. The molecule has 0 spiro atoms. The second-order valence-electron chi connectivity index (χ2n) is 3.66. The van der Waals surface area contributed by atoms with Gasteiger partial charge in [0.15, 0.2) is 0 Å². The molecule has 5 N–H and O–H groups in total. The van der Waals surface area contributed by atoms with Crippen LogP contribution in [-0.2, 0) is 11.3 Å². The molecule has 0 saturated heterocycles. The maximum Gasteiger partial charge on any atom is 0.255 e. The Labute approximate surface area is 99.1 Å². The highest BCUT2D eigenvalue weighted by molar-refractivity contribution is 5.96. The Morgan fingerprint density at radius 2 is 2.24 bits per heavy atom. The molecule has 0 aromatic carbocycles. The molecular formula is C10H17N5O2. The molecule has 1 rings (SSSR count). The van der Waals surface area contributed by atoms with E-state index in [1.165, 1.54) is 6.20 Å². The molecule has 1 aromatic rings. The average Bonchev–Trinajstić information content (AvgIpc) is 2.65. The zero-order chi connectivity index (χ0) is 12.8. The molecule has 17 heavy (non-hydrogen) atoms. The van der Waals surface area contributed by atoms with Gasteiger partial charge in [-0.1, -0.05) is 0 Å². The van der Waals surface area contributed by atoms with Gasteiger partial charge in [0.25, 0.3) is 5.91 Å². The number of hydrogen-bond donors (Lipinski definition) is 3. The van der Waals surface area contributed by atoms with Gasteiger partial charge in [0.1, 0.15) is 0 Å². The van der Waals surface area contributed by atoms with Crippen LogP contribution in [0.25, 0.3) is 0 Å². The molecule has 0 saturated carbocycles. The number of nitrogens with two attached hydrogens (primary N) is 2. The van der Waals surface area contributed by atoms with Gasteiger partial charge >= 0.3 is 0 Å². The number of aryl methyl sites for hydroxylation is 1. The van der Waals surface area contributed by atoms with Crippen molar-refractivity contribution in [3.8, 4) is 0 Å². The first-order valence-electron chi connectivity index (χ1n) is 5.35. The number of carbonyl (C=O) groups is 2. The number of aromatic nitrogens is 2. The van der Waals surface area contributed by atoms with Crippen molar-refractivity contribution in [2.45, 2.75) is 19.9 Å². The minimum atomic E-state index is -0.577. The Balaban J connectivity index is 2.68. The summed E-state index contributed by atoms with van der Waals surface area (Å²) in [4.78, 5) is 22.2. The Hall–Kier alpha value is -1.89. The molecule has 2 amide bonds. The van der Waals surface area contributed by atoms with Crippen molar-refractivity contribution in [3.05, 3.63) is 17.5 Å². The summed E-state index contributed by atoms with van der Waals surface area (Å²) < 4.78 is 1.71.